The van der Waals surface area contributed by atoms with E-state index in [4.69, 9.17) is 4.42 Å². The standard InChI is InChI=1S/C24H24FN3O3/c25-19-6-1-4-17(14-19)15-28-12-2-5-18(16-28)23(29)26-20-8-10-21(11-9-20)27-24(30)22-7-3-13-31-22/h1,3-4,6-11,13-14,18H,2,5,12,15-16H2,(H,26,29)(H,27,30). The van der Waals surface area contributed by atoms with Crippen molar-refractivity contribution in [3.63, 3.8) is 0 Å². The number of hydrogen-bond acceptors (Lipinski definition) is 4. The lowest BCUT2D eigenvalue weighted by molar-refractivity contribution is -0.121. The Hall–Kier alpha value is -3.45. The molecule has 2 heterocycles. The van der Waals surface area contributed by atoms with Crippen molar-refractivity contribution in [2.24, 2.45) is 5.92 Å². The van der Waals surface area contributed by atoms with Gasteiger partial charge in [-0.25, -0.2) is 4.39 Å². The Morgan fingerprint density at radius 3 is 2.52 bits per heavy atom. The van der Waals surface area contributed by atoms with Gasteiger partial charge in [-0.2, -0.15) is 0 Å². The molecule has 31 heavy (non-hydrogen) atoms. The average molecular weight is 421 g/mol. The zero-order chi connectivity index (χ0) is 21.6. The molecular weight excluding hydrogens is 397 g/mol. The summed E-state index contributed by atoms with van der Waals surface area (Å²) in [6.07, 6.45) is 3.19. The van der Waals surface area contributed by atoms with Crippen molar-refractivity contribution in [3.8, 4) is 0 Å². The van der Waals surface area contributed by atoms with E-state index in [0.717, 1.165) is 24.9 Å². The summed E-state index contributed by atoms with van der Waals surface area (Å²) in [7, 11) is 0. The zero-order valence-electron chi connectivity index (χ0n) is 17.0. The Morgan fingerprint density at radius 2 is 1.81 bits per heavy atom. The van der Waals surface area contributed by atoms with E-state index < -0.39 is 0 Å². The Labute approximate surface area is 180 Å². The molecule has 1 aliphatic heterocycles. The second-order valence-corrected chi connectivity index (χ2v) is 7.70. The van der Waals surface area contributed by atoms with E-state index in [1.807, 2.05) is 6.07 Å². The first kappa shape index (κ1) is 20.8. The monoisotopic (exact) mass is 421 g/mol. The molecule has 1 saturated heterocycles. The largest absolute Gasteiger partial charge is 0.459 e. The molecule has 0 radical (unpaired) electrons. The second-order valence-electron chi connectivity index (χ2n) is 7.70. The molecule has 0 bridgehead atoms. The van der Waals surface area contributed by atoms with Crippen LogP contribution in [0.5, 0.6) is 0 Å². The number of piperidine rings is 1. The van der Waals surface area contributed by atoms with Gasteiger partial charge in [-0.1, -0.05) is 12.1 Å². The van der Waals surface area contributed by atoms with Crippen LogP contribution in [0, 0.1) is 11.7 Å². The summed E-state index contributed by atoms with van der Waals surface area (Å²) in [5, 5.41) is 5.70. The SMILES string of the molecule is O=C(Nc1ccc(NC(=O)C2CCCN(Cc3cccc(F)c3)C2)cc1)c1ccco1. The second kappa shape index (κ2) is 9.57. The van der Waals surface area contributed by atoms with E-state index in [0.29, 0.717) is 24.5 Å². The van der Waals surface area contributed by atoms with E-state index >= 15 is 0 Å². The first-order valence-electron chi connectivity index (χ1n) is 10.3. The minimum Gasteiger partial charge on any atom is -0.459 e. The van der Waals surface area contributed by atoms with Crippen molar-refractivity contribution in [1.82, 2.24) is 4.90 Å². The molecule has 160 valence electrons. The molecule has 1 atom stereocenters. The lowest BCUT2D eigenvalue weighted by Crippen LogP contribution is -2.40. The molecule has 1 aliphatic rings. The number of carbonyl (C=O) groups excluding carboxylic acids is 2. The number of furan rings is 1. The maximum atomic E-state index is 13.4. The molecule has 2 N–H and O–H groups in total. The Balaban J connectivity index is 1.30. The molecule has 1 aromatic heterocycles. The van der Waals surface area contributed by atoms with Gasteiger partial charge in [0.25, 0.3) is 5.91 Å². The van der Waals surface area contributed by atoms with Crippen molar-refractivity contribution in [1.29, 1.82) is 0 Å². The summed E-state index contributed by atoms with van der Waals surface area (Å²) in [5.74, 6) is -0.496. The first-order valence-corrected chi connectivity index (χ1v) is 10.3. The highest BCUT2D eigenvalue weighted by Crippen LogP contribution is 2.22. The highest BCUT2D eigenvalue weighted by atomic mass is 19.1. The topological polar surface area (TPSA) is 74.6 Å². The average Bonchev–Trinajstić information content (AvgIpc) is 3.30. The minimum atomic E-state index is -0.331. The Morgan fingerprint density at radius 1 is 1.03 bits per heavy atom. The van der Waals surface area contributed by atoms with Crippen molar-refractivity contribution in [2.75, 3.05) is 23.7 Å². The maximum Gasteiger partial charge on any atom is 0.291 e. The van der Waals surface area contributed by atoms with Gasteiger partial charge in [0.05, 0.1) is 12.2 Å². The number of amides is 2. The third kappa shape index (κ3) is 5.58. The van der Waals surface area contributed by atoms with Crippen LogP contribution in [0.25, 0.3) is 0 Å². The molecule has 1 unspecified atom stereocenters. The number of hydrogen-bond donors (Lipinski definition) is 2. The molecule has 7 heteroatoms. The number of rotatable bonds is 6. The third-order valence-corrected chi connectivity index (χ3v) is 5.33. The third-order valence-electron chi connectivity index (χ3n) is 5.33. The lowest BCUT2D eigenvalue weighted by Gasteiger charge is -2.32. The number of anilines is 2. The van der Waals surface area contributed by atoms with Crippen molar-refractivity contribution in [2.45, 2.75) is 19.4 Å². The van der Waals surface area contributed by atoms with Crippen LogP contribution < -0.4 is 10.6 Å². The summed E-state index contributed by atoms with van der Waals surface area (Å²) < 4.78 is 18.5. The van der Waals surface area contributed by atoms with Gasteiger partial charge < -0.3 is 15.1 Å². The predicted octanol–water partition coefficient (Wildman–Crippen LogP) is 4.52. The number of carbonyl (C=O) groups is 2. The molecule has 1 fully saturated rings. The molecule has 0 saturated carbocycles. The van der Waals surface area contributed by atoms with Crippen molar-refractivity contribution >= 4 is 23.2 Å². The van der Waals surface area contributed by atoms with Crippen LogP contribution in [0.3, 0.4) is 0 Å². The molecule has 0 aliphatic carbocycles. The lowest BCUT2D eigenvalue weighted by atomic mass is 9.96. The van der Waals surface area contributed by atoms with E-state index in [1.54, 1.807) is 42.5 Å². The number of benzene rings is 2. The number of nitrogens with zero attached hydrogens (tertiary/aromatic N) is 1. The highest BCUT2D eigenvalue weighted by molar-refractivity contribution is 6.02. The quantitative estimate of drug-likeness (QED) is 0.614. The van der Waals surface area contributed by atoms with Gasteiger partial charge in [0.1, 0.15) is 5.82 Å². The van der Waals surface area contributed by atoms with Gasteiger partial charge >= 0.3 is 0 Å². The van der Waals surface area contributed by atoms with E-state index in [9.17, 15) is 14.0 Å². The molecule has 2 aromatic carbocycles. The zero-order valence-corrected chi connectivity index (χ0v) is 17.0. The summed E-state index contributed by atoms with van der Waals surface area (Å²) in [6, 6.07) is 16.8. The summed E-state index contributed by atoms with van der Waals surface area (Å²) in [4.78, 5) is 27.0. The maximum absolute atomic E-state index is 13.4. The number of likely N-dealkylation sites (tertiary alicyclic amines) is 1. The fourth-order valence-electron chi connectivity index (χ4n) is 3.79. The summed E-state index contributed by atoms with van der Waals surface area (Å²) in [5.41, 5.74) is 2.19. The molecule has 0 spiro atoms. The van der Waals surface area contributed by atoms with Crippen LogP contribution in [-0.4, -0.2) is 29.8 Å². The predicted molar refractivity (Wildman–Crippen MR) is 116 cm³/mol. The minimum absolute atomic E-state index is 0.0312. The first-order chi connectivity index (χ1) is 15.1. The van der Waals surface area contributed by atoms with Crippen LogP contribution in [0.4, 0.5) is 15.8 Å². The fraction of sp³-hybridized carbons (Fsp3) is 0.250. The fourth-order valence-corrected chi connectivity index (χ4v) is 3.79. The highest BCUT2D eigenvalue weighted by Gasteiger charge is 2.26. The smallest absolute Gasteiger partial charge is 0.291 e. The summed E-state index contributed by atoms with van der Waals surface area (Å²) >= 11 is 0. The Kier molecular flexibility index (Phi) is 6.43. The molecule has 4 rings (SSSR count). The van der Waals surface area contributed by atoms with Crippen molar-refractivity contribution < 1.29 is 18.4 Å². The van der Waals surface area contributed by atoms with Crippen LogP contribution in [0.15, 0.2) is 71.3 Å². The van der Waals surface area contributed by atoms with Gasteiger partial charge in [-0.05, 0) is 73.5 Å². The van der Waals surface area contributed by atoms with Gasteiger partial charge in [0, 0.05) is 24.5 Å². The number of nitrogens with one attached hydrogen (secondary N) is 2. The van der Waals surface area contributed by atoms with Gasteiger partial charge in [0.2, 0.25) is 5.91 Å². The van der Waals surface area contributed by atoms with E-state index in [-0.39, 0.29) is 29.3 Å². The van der Waals surface area contributed by atoms with E-state index in [1.165, 1.54) is 18.4 Å². The Bertz CT molecular complexity index is 1030. The van der Waals surface area contributed by atoms with E-state index in [2.05, 4.69) is 15.5 Å². The van der Waals surface area contributed by atoms with Gasteiger partial charge in [0.15, 0.2) is 5.76 Å². The number of halogens is 1. The molecular formula is C24H24FN3O3. The van der Waals surface area contributed by atoms with Crippen LogP contribution in [-0.2, 0) is 11.3 Å². The molecule has 3 aromatic rings. The normalized spacial score (nSPS) is 16.6. The van der Waals surface area contributed by atoms with Gasteiger partial charge in [-0.3, -0.25) is 14.5 Å². The summed E-state index contributed by atoms with van der Waals surface area (Å²) in [6.45, 7) is 2.16. The van der Waals surface area contributed by atoms with Crippen LogP contribution in [0.2, 0.25) is 0 Å². The molecule has 6 nitrogen and oxygen atoms in total. The van der Waals surface area contributed by atoms with Crippen LogP contribution >= 0.6 is 0 Å². The molecule has 2 amide bonds. The van der Waals surface area contributed by atoms with Crippen molar-refractivity contribution in [3.05, 3.63) is 84.1 Å². The van der Waals surface area contributed by atoms with Crippen LogP contribution in [0.1, 0.15) is 29.0 Å². The van der Waals surface area contributed by atoms with Gasteiger partial charge in [-0.15, -0.1) is 0 Å².